The molecule has 0 bridgehead atoms. The lowest BCUT2D eigenvalue weighted by Crippen LogP contribution is -2.42. The van der Waals surface area contributed by atoms with Gasteiger partial charge < -0.3 is 15.0 Å². The first kappa shape index (κ1) is 20.8. The SMILES string of the molecule is CS(=O)N1CCCC(Nc2ccc3c(=O)[nH]c(CSC4CCOCC4)nc3c2)C1. The molecule has 3 heterocycles. The summed E-state index contributed by atoms with van der Waals surface area (Å²) in [6.45, 7) is 3.28. The van der Waals surface area contributed by atoms with Gasteiger partial charge in [0.05, 0.1) is 27.6 Å². The monoisotopic (exact) mass is 436 g/mol. The van der Waals surface area contributed by atoms with Crippen molar-refractivity contribution in [2.45, 2.75) is 42.7 Å². The van der Waals surface area contributed by atoms with Gasteiger partial charge in [-0.3, -0.25) is 4.79 Å². The molecule has 29 heavy (non-hydrogen) atoms. The second kappa shape index (κ2) is 9.59. The van der Waals surface area contributed by atoms with Crippen LogP contribution < -0.4 is 10.9 Å². The number of H-pyrrole nitrogens is 1. The quantitative estimate of drug-likeness (QED) is 0.724. The predicted octanol–water partition coefficient (Wildman–Crippen LogP) is 2.51. The van der Waals surface area contributed by atoms with E-state index in [2.05, 4.69) is 10.3 Å². The maximum Gasteiger partial charge on any atom is 0.258 e. The highest BCUT2D eigenvalue weighted by Crippen LogP contribution is 2.25. The lowest BCUT2D eigenvalue weighted by atomic mass is 10.1. The normalized spacial score (nSPS) is 22.6. The maximum atomic E-state index is 12.5. The van der Waals surface area contributed by atoms with E-state index in [1.807, 2.05) is 34.3 Å². The molecule has 2 saturated heterocycles. The first-order valence-corrected chi connectivity index (χ1v) is 12.7. The minimum absolute atomic E-state index is 0.0886. The molecular weight excluding hydrogens is 408 g/mol. The van der Waals surface area contributed by atoms with Crippen molar-refractivity contribution in [3.05, 3.63) is 34.4 Å². The van der Waals surface area contributed by atoms with Gasteiger partial charge in [0.2, 0.25) is 0 Å². The maximum absolute atomic E-state index is 12.5. The number of piperidine rings is 1. The number of nitrogens with one attached hydrogen (secondary N) is 2. The fraction of sp³-hybridized carbons (Fsp3) is 0.600. The Hall–Kier alpha value is -1.42. The number of aromatic amines is 1. The average Bonchev–Trinajstić information content (AvgIpc) is 2.73. The van der Waals surface area contributed by atoms with Crippen molar-refractivity contribution in [2.75, 3.05) is 37.9 Å². The van der Waals surface area contributed by atoms with Crippen LogP contribution in [0.3, 0.4) is 0 Å². The average molecular weight is 437 g/mol. The summed E-state index contributed by atoms with van der Waals surface area (Å²) < 4.78 is 19.2. The van der Waals surface area contributed by atoms with Crippen LogP contribution in [-0.4, -0.2) is 62.3 Å². The molecule has 0 radical (unpaired) electrons. The number of fused-ring (bicyclic) bond motifs is 1. The predicted molar refractivity (Wildman–Crippen MR) is 120 cm³/mol. The number of hydrogen-bond acceptors (Lipinski definition) is 6. The van der Waals surface area contributed by atoms with Crippen molar-refractivity contribution in [3.63, 3.8) is 0 Å². The van der Waals surface area contributed by atoms with Crippen molar-refractivity contribution >= 4 is 39.3 Å². The van der Waals surface area contributed by atoms with E-state index in [-0.39, 0.29) is 11.6 Å². The summed E-state index contributed by atoms with van der Waals surface area (Å²) in [4.78, 5) is 20.1. The van der Waals surface area contributed by atoms with Gasteiger partial charge >= 0.3 is 0 Å². The number of aromatic nitrogens is 2. The van der Waals surface area contributed by atoms with Crippen LogP contribution in [-0.2, 0) is 21.5 Å². The van der Waals surface area contributed by atoms with Gasteiger partial charge in [-0.15, -0.1) is 0 Å². The third-order valence-electron chi connectivity index (χ3n) is 5.50. The number of thioether (sulfide) groups is 1. The van der Waals surface area contributed by atoms with E-state index >= 15 is 0 Å². The molecule has 2 aromatic rings. The molecule has 2 N–H and O–H groups in total. The van der Waals surface area contributed by atoms with Crippen LogP contribution in [0.2, 0.25) is 0 Å². The Balaban J connectivity index is 1.47. The number of anilines is 1. The highest BCUT2D eigenvalue weighted by molar-refractivity contribution is 7.99. The van der Waals surface area contributed by atoms with E-state index in [9.17, 15) is 9.00 Å². The summed E-state index contributed by atoms with van der Waals surface area (Å²) >= 11 is 1.84. The molecule has 2 fully saturated rings. The van der Waals surface area contributed by atoms with E-state index in [1.165, 1.54) is 0 Å². The summed E-state index contributed by atoms with van der Waals surface area (Å²) in [7, 11) is -0.939. The number of hydrogen-bond donors (Lipinski definition) is 2. The fourth-order valence-corrected chi connectivity index (χ4v) is 5.75. The van der Waals surface area contributed by atoms with Crippen LogP contribution >= 0.6 is 11.8 Å². The largest absolute Gasteiger partial charge is 0.381 e. The summed E-state index contributed by atoms with van der Waals surface area (Å²) in [5.41, 5.74) is 1.58. The van der Waals surface area contributed by atoms with Gasteiger partial charge in [-0.05, 0) is 43.9 Å². The zero-order chi connectivity index (χ0) is 20.2. The van der Waals surface area contributed by atoms with Gasteiger partial charge in [-0.25, -0.2) is 13.5 Å². The lowest BCUT2D eigenvalue weighted by molar-refractivity contribution is 0.1000. The van der Waals surface area contributed by atoms with Crippen molar-refractivity contribution in [1.29, 1.82) is 0 Å². The van der Waals surface area contributed by atoms with Crippen LogP contribution in [0.1, 0.15) is 31.5 Å². The molecule has 158 valence electrons. The van der Waals surface area contributed by atoms with Gasteiger partial charge in [0.25, 0.3) is 5.56 Å². The number of rotatable bonds is 6. The molecule has 0 amide bonds. The molecule has 1 aromatic heterocycles. The summed E-state index contributed by atoms with van der Waals surface area (Å²) in [5.74, 6) is 1.43. The molecule has 7 nitrogen and oxygen atoms in total. The second-order valence-corrected chi connectivity index (χ2v) is 10.3. The first-order valence-electron chi connectivity index (χ1n) is 10.2. The highest BCUT2D eigenvalue weighted by Gasteiger charge is 2.22. The van der Waals surface area contributed by atoms with Crippen molar-refractivity contribution in [3.8, 4) is 0 Å². The van der Waals surface area contributed by atoms with Gasteiger partial charge in [0.15, 0.2) is 0 Å². The van der Waals surface area contributed by atoms with Gasteiger partial charge in [0.1, 0.15) is 5.82 Å². The summed E-state index contributed by atoms with van der Waals surface area (Å²) in [6.07, 6.45) is 5.90. The third kappa shape index (κ3) is 5.39. The molecule has 1 aromatic carbocycles. The molecule has 9 heteroatoms. The van der Waals surface area contributed by atoms with Crippen molar-refractivity contribution in [1.82, 2.24) is 14.3 Å². The Bertz CT molecular complexity index is 930. The molecule has 2 aliphatic rings. The van der Waals surface area contributed by atoms with E-state index in [4.69, 9.17) is 9.72 Å². The first-order chi connectivity index (χ1) is 14.1. The Kier molecular flexibility index (Phi) is 6.89. The van der Waals surface area contributed by atoms with Crippen LogP contribution in [0.4, 0.5) is 5.69 Å². The zero-order valence-corrected chi connectivity index (χ0v) is 18.3. The Morgan fingerprint density at radius 2 is 2.17 bits per heavy atom. The van der Waals surface area contributed by atoms with Crippen LogP contribution in [0, 0.1) is 0 Å². The topological polar surface area (TPSA) is 87.3 Å². The molecule has 0 spiro atoms. The Morgan fingerprint density at radius 3 is 2.97 bits per heavy atom. The molecule has 2 unspecified atom stereocenters. The number of ether oxygens (including phenoxy) is 1. The second-order valence-electron chi connectivity index (χ2n) is 7.66. The standard InChI is InChI=1S/C20H28N4O3S2/c1-29(26)24-8-2-3-15(12-24)21-14-4-5-17-18(11-14)22-19(23-20(17)25)13-28-16-6-9-27-10-7-16/h4-5,11,15-16,21H,2-3,6-10,12-13H2,1H3,(H,22,23,25). The lowest BCUT2D eigenvalue weighted by Gasteiger charge is -2.31. The smallest absolute Gasteiger partial charge is 0.258 e. The van der Waals surface area contributed by atoms with Crippen LogP contribution in [0.5, 0.6) is 0 Å². The Morgan fingerprint density at radius 1 is 1.34 bits per heavy atom. The fourth-order valence-electron chi connectivity index (χ4n) is 3.91. The van der Waals surface area contributed by atoms with E-state index in [0.29, 0.717) is 21.9 Å². The van der Waals surface area contributed by atoms with Crippen molar-refractivity contribution in [2.24, 2.45) is 0 Å². The molecule has 2 atom stereocenters. The molecular formula is C20H28N4O3S2. The highest BCUT2D eigenvalue weighted by atomic mass is 32.2. The zero-order valence-electron chi connectivity index (χ0n) is 16.7. The molecule has 0 aliphatic carbocycles. The molecule has 4 rings (SSSR count). The third-order valence-corrected chi connectivity index (χ3v) is 7.94. The summed E-state index contributed by atoms with van der Waals surface area (Å²) in [6, 6.07) is 5.96. The van der Waals surface area contributed by atoms with E-state index in [1.54, 1.807) is 6.26 Å². The van der Waals surface area contributed by atoms with E-state index < -0.39 is 11.0 Å². The van der Waals surface area contributed by atoms with Gasteiger partial charge in [-0.2, -0.15) is 11.8 Å². The van der Waals surface area contributed by atoms with Gasteiger partial charge in [0, 0.05) is 49.5 Å². The van der Waals surface area contributed by atoms with Crippen LogP contribution in [0.25, 0.3) is 10.9 Å². The summed E-state index contributed by atoms with van der Waals surface area (Å²) in [5, 5.41) is 4.71. The molecule has 2 aliphatic heterocycles. The number of benzene rings is 1. The van der Waals surface area contributed by atoms with Crippen LogP contribution in [0.15, 0.2) is 23.0 Å². The minimum Gasteiger partial charge on any atom is -0.381 e. The number of nitrogens with zero attached hydrogens (tertiary/aromatic N) is 2. The van der Waals surface area contributed by atoms with E-state index in [0.717, 1.165) is 63.5 Å². The molecule has 0 saturated carbocycles. The van der Waals surface area contributed by atoms with Gasteiger partial charge in [-0.1, -0.05) is 0 Å². The minimum atomic E-state index is -0.939. The Labute approximate surface area is 177 Å². The van der Waals surface area contributed by atoms with Crippen molar-refractivity contribution < 1.29 is 8.95 Å².